The van der Waals surface area contributed by atoms with Crippen LogP contribution in [-0.2, 0) is 22.8 Å². The second-order valence-electron chi connectivity index (χ2n) is 7.45. The van der Waals surface area contributed by atoms with Crippen LogP contribution in [-0.4, -0.2) is 33.9 Å². The zero-order valence-corrected chi connectivity index (χ0v) is 20.3. The van der Waals surface area contributed by atoms with Gasteiger partial charge in [-0.05, 0) is 37.5 Å². The lowest BCUT2D eigenvalue weighted by atomic mass is 10.1. The molecule has 0 radical (unpaired) electrons. The molecule has 0 saturated heterocycles. The highest BCUT2D eigenvalue weighted by molar-refractivity contribution is 5.65. The van der Waals surface area contributed by atoms with Gasteiger partial charge in [-0.1, -0.05) is 20.3 Å². The topological polar surface area (TPSA) is 76.9 Å². The van der Waals surface area contributed by atoms with Crippen molar-refractivity contribution in [2.24, 2.45) is 7.05 Å². The first-order valence-electron chi connectivity index (χ1n) is 10.6. The quantitative estimate of drug-likeness (QED) is 0.308. The van der Waals surface area contributed by atoms with Gasteiger partial charge in [0.05, 0.1) is 11.3 Å². The Morgan fingerprint density at radius 1 is 1.19 bits per heavy atom. The number of imidazole rings is 1. The van der Waals surface area contributed by atoms with E-state index in [1.54, 1.807) is 16.9 Å². The van der Waals surface area contributed by atoms with Gasteiger partial charge in [-0.15, -0.1) is 12.8 Å². The first-order valence-corrected chi connectivity index (χ1v) is 10.6. The Kier molecular flexibility index (Phi) is 12.6. The fourth-order valence-corrected chi connectivity index (χ4v) is 3.06. The van der Waals surface area contributed by atoms with Gasteiger partial charge in [0, 0.05) is 24.9 Å². The van der Waals surface area contributed by atoms with Gasteiger partial charge in [-0.3, -0.25) is 9.78 Å². The van der Waals surface area contributed by atoms with Crippen LogP contribution in [0.25, 0.3) is 17.6 Å². The highest BCUT2D eigenvalue weighted by atomic mass is 19.4. The second-order valence-corrected chi connectivity index (χ2v) is 7.45. The number of pyridine rings is 1. The lowest BCUT2D eigenvalue weighted by Gasteiger charge is -2.11. The van der Waals surface area contributed by atoms with E-state index in [4.69, 9.17) is 4.79 Å². The third-order valence-corrected chi connectivity index (χ3v) is 4.55. The molecule has 0 unspecified atom stereocenters. The van der Waals surface area contributed by atoms with Crippen molar-refractivity contribution in [2.45, 2.75) is 58.3 Å². The fraction of sp³-hybridized carbons (Fsp3) is 0.417. The van der Waals surface area contributed by atoms with Crippen LogP contribution in [0.4, 0.5) is 26.3 Å². The molecule has 1 fully saturated rings. The summed E-state index contributed by atoms with van der Waals surface area (Å²) in [4.78, 5) is 26.6. The Bertz CT molecular complexity index is 1050. The van der Waals surface area contributed by atoms with E-state index >= 15 is 0 Å². The number of aromatic nitrogens is 3. The highest BCUT2D eigenvalue weighted by Gasteiger charge is 2.37. The number of aryl methyl sites for hydroxylation is 1. The molecule has 3 rings (SSSR count). The lowest BCUT2D eigenvalue weighted by Crippen LogP contribution is -2.25. The summed E-state index contributed by atoms with van der Waals surface area (Å²) in [5.74, 6) is 0.130. The molecule has 1 aliphatic rings. The molecule has 0 bridgehead atoms. The number of nitrogens with one attached hydrogen (secondary N) is 1. The Balaban J connectivity index is 0.00000159. The molecule has 0 atom stereocenters. The van der Waals surface area contributed by atoms with Crippen LogP contribution in [0.5, 0.6) is 0 Å². The van der Waals surface area contributed by atoms with Crippen molar-refractivity contribution in [1.82, 2.24) is 19.9 Å². The molecular weight excluding hydrogens is 490 g/mol. The lowest BCUT2D eigenvalue weighted by molar-refractivity contribution is -0.137. The molecule has 1 aliphatic carbocycles. The number of alkyl halides is 6. The molecule has 0 aliphatic heterocycles. The van der Waals surface area contributed by atoms with E-state index < -0.39 is 23.6 Å². The second kappa shape index (κ2) is 14.1. The Hall–Kier alpha value is -3.62. The number of nitrogens with zero attached hydrogens (tertiary/aromatic N) is 3. The number of carbonyl (C=O) groups excluding carboxylic acids is 2. The zero-order valence-electron chi connectivity index (χ0n) is 20.3. The maximum atomic E-state index is 13.1. The van der Waals surface area contributed by atoms with Gasteiger partial charge in [-0.25, -0.2) is 4.98 Å². The van der Waals surface area contributed by atoms with Crippen molar-refractivity contribution < 1.29 is 35.9 Å². The molecular formula is C24H28F6N4O2. The summed E-state index contributed by atoms with van der Waals surface area (Å²) in [6.45, 7) is 7.67. The Morgan fingerprint density at radius 2 is 1.72 bits per heavy atom. The van der Waals surface area contributed by atoms with Crippen LogP contribution in [0.2, 0.25) is 0 Å². The summed E-state index contributed by atoms with van der Waals surface area (Å²) in [6, 6.07) is 0.915. The van der Waals surface area contributed by atoms with Crippen LogP contribution < -0.4 is 5.32 Å². The number of carbonyl (C=O) groups is 2. The molecule has 12 heteroatoms. The third-order valence-electron chi connectivity index (χ3n) is 4.55. The molecule has 2 aromatic rings. The van der Waals surface area contributed by atoms with Crippen molar-refractivity contribution in [1.29, 1.82) is 0 Å². The van der Waals surface area contributed by atoms with E-state index in [1.165, 1.54) is 13.3 Å². The maximum absolute atomic E-state index is 13.1. The van der Waals surface area contributed by atoms with Gasteiger partial charge in [-0.2, -0.15) is 26.3 Å². The minimum absolute atomic E-state index is 0.00669. The molecule has 1 saturated carbocycles. The average Bonchev–Trinajstić information content (AvgIpc) is 3.59. The van der Waals surface area contributed by atoms with Crippen LogP contribution in [0, 0.1) is 19.8 Å². The summed E-state index contributed by atoms with van der Waals surface area (Å²) in [5, 5.41) is 1.63. The third kappa shape index (κ3) is 8.55. The van der Waals surface area contributed by atoms with E-state index in [2.05, 4.69) is 36.7 Å². The first-order chi connectivity index (χ1) is 16.8. The van der Waals surface area contributed by atoms with Crippen molar-refractivity contribution in [3.05, 3.63) is 40.5 Å². The van der Waals surface area contributed by atoms with E-state index in [0.29, 0.717) is 11.9 Å². The molecule has 1 N–H and O–H groups in total. The fourth-order valence-electron chi connectivity index (χ4n) is 3.06. The van der Waals surface area contributed by atoms with Crippen molar-refractivity contribution in [2.75, 3.05) is 0 Å². The van der Waals surface area contributed by atoms with E-state index in [9.17, 15) is 31.1 Å². The number of halogens is 6. The number of allylic oxidation sites excluding steroid dienone is 1. The minimum Gasteiger partial charge on any atom is -0.329 e. The molecule has 36 heavy (non-hydrogen) atoms. The van der Waals surface area contributed by atoms with Crippen LogP contribution in [0.1, 0.15) is 61.5 Å². The predicted molar refractivity (Wildman–Crippen MR) is 124 cm³/mol. The number of rotatable bonds is 5. The monoisotopic (exact) mass is 518 g/mol. The van der Waals surface area contributed by atoms with Gasteiger partial charge in [0.2, 0.25) is 6.41 Å². The number of amides is 1. The van der Waals surface area contributed by atoms with Gasteiger partial charge in [0.1, 0.15) is 18.2 Å². The molecule has 2 aromatic heterocycles. The molecule has 1 amide bonds. The number of terminal acetylenes is 1. The molecule has 2 heterocycles. The van der Waals surface area contributed by atoms with Crippen molar-refractivity contribution >= 4 is 19.3 Å². The number of hydrogen-bond acceptors (Lipinski definition) is 4. The summed E-state index contributed by atoms with van der Waals surface area (Å²) in [5.41, 5.74) is -1.38. The summed E-state index contributed by atoms with van der Waals surface area (Å²) < 4.78 is 79.6. The van der Waals surface area contributed by atoms with E-state index in [1.807, 2.05) is 6.79 Å². The highest BCUT2D eigenvalue weighted by Crippen LogP contribution is 2.44. The van der Waals surface area contributed by atoms with Gasteiger partial charge < -0.3 is 14.7 Å². The average molecular weight is 519 g/mol. The Labute approximate surface area is 205 Å². The standard InChI is InChI=1S/C18H16F6N4O.C3H8.C2H2.CH2O/c1-9-5-11(17(19,20)21)7-25-14(9)16-27-12(15(28(16)2)10-3-4-10)6-13(26-8-29)18(22,23)24;1-3-2;2*1-2/h5-8,10H,3-4H2,1-2H3,(H,26,29);3H2,1-2H3;1-2H;1H2/b13-6-;;;. The Morgan fingerprint density at radius 3 is 2.11 bits per heavy atom. The first kappa shape index (κ1) is 32.4. The SMILES string of the molecule is C#C.C=O.CCC.Cc1cc(C(F)(F)F)cnc1-c1nc(/C=C(\NC=O)C(F)(F)F)c(C2CC2)n1C. The van der Waals surface area contributed by atoms with Crippen LogP contribution >= 0.6 is 0 Å². The minimum atomic E-state index is -4.80. The van der Waals surface area contributed by atoms with Gasteiger partial charge >= 0.3 is 12.4 Å². The van der Waals surface area contributed by atoms with E-state index in [-0.39, 0.29) is 35.1 Å². The van der Waals surface area contributed by atoms with E-state index in [0.717, 1.165) is 25.0 Å². The smallest absolute Gasteiger partial charge is 0.329 e. The predicted octanol–water partition coefficient (Wildman–Crippen LogP) is 5.82. The van der Waals surface area contributed by atoms with Gasteiger partial charge in [0.25, 0.3) is 0 Å². The maximum Gasteiger partial charge on any atom is 0.431 e. The molecule has 6 nitrogen and oxygen atoms in total. The van der Waals surface area contributed by atoms with Crippen molar-refractivity contribution in [3.63, 3.8) is 0 Å². The number of hydrogen-bond donors (Lipinski definition) is 1. The zero-order chi connectivity index (χ0) is 28.3. The summed E-state index contributed by atoms with van der Waals surface area (Å²) in [7, 11) is 1.58. The molecule has 198 valence electrons. The summed E-state index contributed by atoms with van der Waals surface area (Å²) in [6.07, 6.45) is 2.70. The van der Waals surface area contributed by atoms with Gasteiger partial charge in [0.15, 0.2) is 5.82 Å². The van der Waals surface area contributed by atoms with Crippen molar-refractivity contribution in [3.8, 4) is 24.4 Å². The molecule has 0 spiro atoms. The van der Waals surface area contributed by atoms with Crippen LogP contribution in [0.3, 0.4) is 0 Å². The normalized spacial score (nSPS) is 13.2. The molecule has 0 aromatic carbocycles. The summed E-state index contributed by atoms with van der Waals surface area (Å²) >= 11 is 0. The largest absolute Gasteiger partial charge is 0.431 e. The van der Waals surface area contributed by atoms with Crippen LogP contribution in [0.15, 0.2) is 18.0 Å².